The van der Waals surface area contributed by atoms with E-state index in [1.165, 1.54) is 7.11 Å². The molecule has 8 nitrogen and oxygen atoms in total. The van der Waals surface area contributed by atoms with Crippen LogP contribution in [-0.2, 0) is 9.53 Å². The first-order valence-corrected chi connectivity index (χ1v) is 6.02. The summed E-state index contributed by atoms with van der Waals surface area (Å²) in [4.78, 5) is 11.8. The quantitative estimate of drug-likeness (QED) is 0.822. The van der Waals surface area contributed by atoms with Crippen LogP contribution in [0.25, 0.3) is 5.69 Å². The van der Waals surface area contributed by atoms with E-state index >= 15 is 0 Å². The number of carbonyl (C=O) groups excluding carboxylic acids is 1. The minimum absolute atomic E-state index is 0. The van der Waals surface area contributed by atoms with Gasteiger partial charge in [0.1, 0.15) is 6.04 Å². The summed E-state index contributed by atoms with van der Waals surface area (Å²) < 4.78 is 6.42. The standard InChI is InChI=1S/C12H16N6O2.ClH/c1-8-15-16-17-18(8)10-5-3-4-9(6-10)14-12(19)11(13)7-20-2;/h3-6,11H,7,13H2,1-2H3,(H,14,19);1H. The van der Waals surface area contributed by atoms with Crippen LogP contribution in [0.3, 0.4) is 0 Å². The lowest BCUT2D eigenvalue weighted by atomic mass is 10.2. The average Bonchev–Trinajstić information content (AvgIpc) is 2.85. The number of benzene rings is 1. The molecule has 1 unspecified atom stereocenters. The number of rotatable bonds is 5. The van der Waals surface area contributed by atoms with Gasteiger partial charge in [-0.25, -0.2) is 0 Å². The van der Waals surface area contributed by atoms with Crippen molar-refractivity contribution in [3.63, 3.8) is 0 Å². The highest BCUT2D eigenvalue weighted by Gasteiger charge is 2.13. The van der Waals surface area contributed by atoms with Gasteiger partial charge in [-0.1, -0.05) is 6.07 Å². The third-order valence-electron chi connectivity index (χ3n) is 2.67. The molecule has 0 aliphatic heterocycles. The SMILES string of the molecule is COCC(N)C(=O)Nc1cccc(-n2nnnc2C)c1.Cl. The summed E-state index contributed by atoms with van der Waals surface area (Å²) >= 11 is 0. The van der Waals surface area contributed by atoms with Crippen molar-refractivity contribution in [3.8, 4) is 5.69 Å². The van der Waals surface area contributed by atoms with Gasteiger partial charge in [0.15, 0.2) is 5.82 Å². The van der Waals surface area contributed by atoms with Gasteiger partial charge in [-0.2, -0.15) is 4.68 Å². The molecule has 114 valence electrons. The number of anilines is 1. The highest BCUT2D eigenvalue weighted by atomic mass is 35.5. The molecular weight excluding hydrogens is 296 g/mol. The van der Waals surface area contributed by atoms with E-state index in [2.05, 4.69) is 20.8 Å². The molecule has 0 saturated heterocycles. The largest absolute Gasteiger partial charge is 0.383 e. The van der Waals surface area contributed by atoms with Crippen molar-refractivity contribution in [2.45, 2.75) is 13.0 Å². The fourth-order valence-corrected chi connectivity index (χ4v) is 1.68. The van der Waals surface area contributed by atoms with Crippen molar-refractivity contribution < 1.29 is 9.53 Å². The molecule has 1 aromatic carbocycles. The molecular formula is C12H17ClN6O2. The molecule has 2 rings (SSSR count). The highest BCUT2D eigenvalue weighted by Crippen LogP contribution is 2.14. The van der Waals surface area contributed by atoms with Crippen molar-refractivity contribution >= 4 is 24.0 Å². The first kappa shape index (κ1) is 17.0. The van der Waals surface area contributed by atoms with E-state index < -0.39 is 6.04 Å². The molecule has 1 aromatic heterocycles. The van der Waals surface area contributed by atoms with Crippen LogP contribution in [0.5, 0.6) is 0 Å². The Hall–Kier alpha value is -2.03. The monoisotopic (exact) mass is 312 g/mol. The van der Waals surface area contributed by atoms with Crippen LogP contribution in [0.2, 0.25) is 0 Å². The van der Waals surface area contributed by atoms with Crippen LogP contribution < -0.4 is 11.1 Å². The Balaban J connectivity index is 0.00000220. The molecule has 0 saturated carbocycles. The summed E-state index contributed by atoms with van der Waals surface area (Å²) in [6, 6.07) is 6.46. The fraction of sp³-hybridized carbons (Fsp3) is 0.333. The number of hydrogen-bond donors (Lipinski definition) is 2. The molecule has 0 bridgehead atoms. The Morgan fingerprint density at radius 3 is 2.90 bits per heavy atom. The number of tetrazole rings is 1. The Morgan fingerprint density at radius 1 is 1.52 bits per heavy atom. The lowest BCUT2D eigenvalue weighted by molar-refractivity contribution is -0.118. The number of nitrogens with one attached hydrogen (secondary N) is 1. The second kappa shape index (κ2) is 7.67. The van der Waals surface area contributed by atoms with E-state index in [1.807, 2.05) is 6.07 Å². The number of nitrogens with zero attached hydrogens (tertiary/aromatic N) is 4. The number of hydrogen-bond acceptors (Lipinski definition) is 6. The molecule has 0 fully saturated rings. The summed E-state index contributed by atoms with van der Waals surface area (Å²) in [5, 5.41) is 14.0. The van der Waals surface area contributed by atoms with Crippen molar-refractivity contribution in [2.75, 3.05) is 19.0 Å². The smallest absolute Gasteiger partial charge is 0.243 e. The normalized spacial score (nSPS) is 11.6. The predicted molar refractivity (Wildman–Crippen MR) is 79.6 cm³/mol. The maximum Gasteiger partial charge on any atom is 0.243 e. The molecule has 9 heteroatoms. The molecule has 0 aliphatic rings. The van der Waals surface area contributed by atoms with Gasteiger partial charge < -0.3 is 15.8 Å². The molecule has 1 amide bonds. The van der Waals surface area contributed by atoms with Crippen LogP contribution in [-0.4, -0.2) is 45.9 Å². The topological polar surface area (TPSA) is 108 Å². The second-order valence-corrected chi connectivity index (χ2v) is 4.24. The lowest BCUT2D eigenvalue weighted by Gasteiger charge is -2.12. The second-order valence-electron chi connectivity index (χ2n) is 4.24. The number of halogens is 1. The van der Waals surface area contributed by atoms with Crippen molar-refractivity contribution in [1.82, 2.24) is 20.2 Å². The van der Waals surface area contributed by atoms with Crippen molar-refractivity contribution in [3.05, 3.63) is 30.1 Å². The molecule has 2 aromatic rings. The lowest BCUT2D eigenvalue weighted by Crippen LogP contribution is -2.39. The van der Waals surface area contributed by atoms with Gasteiger partial charge in [0.2, 0.25) is 5.91 Å². The summed E-state index contributed by atoms with van der Waals surface area (Å²) in [5.74, 6) is 0.349. The van der Waals surface area contributed by atoms with E-state index in [0.29, 0.717) is 11.5 Å². The molecule has 0 aliphatic carbocycles. The Bertz CT molecular complexity index is 603. The van der Waals surface area contributed by atoms with E-state index in [1.54, 1.807) is 29.8 Å². The summed E-state index contributed by atoms with van der Waals surface area (Å²) in [5.41, 5.74) is 7.03. The number of ether oxygens (including phenoxy) is 1. The number of carbonyl (C=O) groups is 1. The van der Waals surface area contributed by atoms with Crippen LogP contribution in [0, 0.1) is 6.92 Å². The van der Waals surface area contributed by atoms with Gasteiger partial charge in [0.05, 0.1) is 12.3 Å². The van der Waals surface area contributed by atoms with Crippen LogP contribution >= 0.6 is 12.4 Å². The van der Waals surface area contributed by atoms with Gasteiger partial charge in [-0.3, -0.25) is 4.79 Å². The van der Waals surface area contributed by atoms with E-state index in [-0.39, 0.29) is 24.9 Å². The van der Waals surface area contributed by atoms with Crippen LogP contribution in [0.4, 0.5) is 5.69 Å². The number of aryl methyl sites for hydroxylation is 1. The number of amides is 1. The Kier molecular flexibility index (Phi) is 6.22. The number of nitrogens with two attached hydrogens (primary N) is 1. The molecule has 21 heavy (non-hydrogen) atoms. The zero-order valence-electron chi connectivity index (χ0n) is 11.7. The minimum atomic E-state index is -0.710. The first-order valence-electron chi connectivity index (χ1n) is 6.02. The fourth-order valence-electron chi connectivity index (χ4n) is 1.68. The molecule has 1 heterocycles. The Labute approximate surface area is 128 Å². The van der Waals surface area contributed by atoms with Crippen LogP contribution in [0.15, 0.2) is 24.3 Å². The third-order valence-corrected chi connectivity index (χ3v) is 2.67. The van der Waals surface area contributed by atoms with Gasteiger partial charge in [0.25, 0.3) is 0 Å². The highest BCUT2D eigenvalue weighted by molar-refractivity contribution is 5.95. The molecule has 3 N–H and O–H groups in total. The molecule has 0 radical (unpaired) electrons. The maximum atomic E-state index is 11.8. The zero-order chi connectivity index (χ0) is 14.5. The minimum Gasteiger partial charge on any atom is -0.383 e. The number of aromatic nitrogens is 4. The summed E-state index contributed by atoms with van der Waals surface area (Å²) in [7, 11) is 1.49. The zero-order valence-corrected chi connectivity index (χ0v) is 12.5. The Morgan fingerprint density at radius 2 is 2.29 bits per heavy atom. The number of methoxy groups -OCH3 is 1. The van der Waals surface area contributed by atoms with E-state index in [0.717, 1.165) is 5.69 Å². The van der Waals surface area contributed by atoms with Crippen LogP contribution in [0.1, 0.15) is 5.82 Å². The maximum absolute atomic E-state index is 11.8. The summed E-state index contributed by atoms with van der Waals surface area (Å²) in [6.07, 6.45) is 0. The van der Waals surface area contributed by atoms with Gasteiger partial charge in [-0.05, 0) is 35.5 Å². The van der Waals surface area contributed by atoms with Gasteiger partial charge >= 0.3 is 0 Å². The molecule has 1 atom stereocenters. The van der Waals surface area contributed by atoms with E-state index in [4.69, 9.17) is 10.5 Å². The first-order chi connectivity index (χ1) is 9.61. The van der Waals surface area contributed by atoms with E-state index in [9.17, 15) is 4.79 Å². The summed E-state index contributed by atoms with van der Waals surface area (Å²) in [6.45, 7) is 1.96. The predicted octanol–water partition coefficient (Wildman–Crippen LogP) is 0.305. The van der Waals surface area contributed by atoms with Gasteiger partial charge in [0, 0.05) is 12.8 Å². The molecule has 0 spiro atoms. The van der Waals surface area contributed by atoms with Crippen molar-refractivity contribution in [1.29, 1.82) is 0 Å². The average molecular weight is 313 g/mol. The van der Waals surface area contributed by atoms with Gasteiger partial charge in [-0.15, -0.1) is 17.5 Å². The third kappa shape index (κ3) is 4.22. The van der Waals surface area contributed by atoms with Crippen molar-refractivity contribution in [2.24, 2.45) is 5.73 Å².